The second kappa shape index (κ2) is 9.74. The highest BCUT2D eigenvalue weighted by atomic mass is 32.2. The number of thioether (sulfide) groups is 1. The molecule has 0 aliphatic carbocycles. The summed E-state index contributed by atoms with van der Waals surface area (Å²) in [6.07, 6.45) is 1.63. The Morgan fingerprint density at radius 2 is 2.00 bits per heavy atom. The summed E-state index contributed by atoms with van der Waals surface area (Å²) >= 11 is 1.34. The van der Waals surface area contributed by atoms with E-state index in [1.807, 2.05) is 73.0 Å². The van der Waals surface area contributed by atoms with Crippen LogP contribution in [-0.2, 0) is 11.3 Å². The zero-order valence-electron chi connectivity index (χ0n) is 18.2. The molecule has 0 atom stereocenters. The maximum absolute atomic E-state index is 12.6. The summed E-state index contributed by atoms with van der Waals surface area (Å²) in [5.74, 6) is 2.30. The molecule has 164 valence electrons. The molecule has 0 unspecified atom stereocenters. The summed E-state index contributed by atoms with van der Waals surface area (Å²) < 4.78 is 12.8. The highest BCUT2D eigenvalue weighted by Crippen LogP contribution is 2.28. The number of nitrogens with one attached hydrogen (secondary N) is 1. The molecule has 32 heavy (non-hydrogen) atoms. The van der Waals surface area contributed by atoms with Gasteiger partial charge in [0.05, 0.1) is 25.7 Å². The number of amides is 1. The highest BCUT2D eigenvalue weighted by molar-refractivity contribution is 7.99. The van der Waals surface area contributed by atoms with E-state index in [-0.39, 0.29) is 11.7 Å². The molecular formula is C24H24N4O3S. The van der Waals surface area contributed by atoms with Gasteiger partial charge in [0.2, 0.25) is 5.91 Å². The Labute approximate surface area is 190 Å². The Bertz CT molecular complexity index is 1220. The predicted molar refractivity (Wildman–Crippen MR) is 125 cm³/mol. The quantitative estimate of drug-likeness (QED) is 0.384. The normalized spacial score (nSPS) is 10.8. The molecule has 4 aromatic rings. The maximum atomic E-state index is 12.6. The lowest BCUT2D eigenvalue weighted by molar-refractivity contribution is -0.113. The summed E-state index contributed by atoms with van der Waals surface area (Å²) in [6.45, 7) is 4.43. The van der Waals surface area contributed by atoms with Crippen molar-refractivity contribution in [1.29, 1.82) is 0 Å². The van der Waals surface area contributed by atoms with Crippen LogP contribution < -0.4 is 10.1 Å². The number of ether oxygens (including phenoxy) is 1. The molecule has 0 aliphatic heterocycles. The van der Waals surface area contributed by atoms with Crippen molar-refractivity contribution in [3.63, 3.8) is 0 Å². The number of furan rings is 1. The van der Waals surface area contributed by atoms with Gasteiger partial charge in [-0.05, 0) is 55.3 Å². The van der Waals surface area contributed by atoms with Crippen molar-refractivity contribution in [2.75, 3.05) is 18.2 Å². The lowest BCUT2D eigenvalue weighted by Gasteiger charge is -2.11. The first-order chi connectivity index (χ1) is 15.5. The number of carbonyl (C=O) groups is 1. The second-order valence-corrected chi connectivity index (χ2v) is 8.30. The van der Waals surface area contributed by atoms with Gasteiger partial charge in [-0.15, -0.1) is 10.2 Å². The molecule has 1 amide bonds. The number of hydrogen-bond donors (Lipinski definition) is 1. The topological polar surface area (TPSA) is 82.2 Å². The van der Waals surface area contributed by atoms with Crippen LogP contribution in [0.15, 0.2) is 70.4 Å². The molecule has 7 nitrogen and oxygen atoms in total. The van der Waals surface area contributed by atoms with Crippen molar-refractivity contribution >= 4 is 23.4 Å². The molecule has 0 saturated carbocycles. The number of aromatic nitrogens is 3. The number of nitrogens with zero attached hydrogens (tertiary/aromatic N) is 3. The smallest absolute Gasteiger partial charge is 0.234 e. The van der Waals surface area contributed by atoms with E-state index in [4.69, 9.17) is 9.15 Å². The van der Waals surface area contributed by atoms with Gasteiger partial charge in [0.25, 0.3) is 0 Å². The Kier molecular flexibility index (Phi) is 6.61. The lowest BCUT2D eigenvalue weighted by Crippen LogP contribution is -2.15. The number of benzene rings is 2. The molecule has 0 fully saturated rings. The van der Waals surface area contributed by atoms with E-state index in [1.165, 1.54) is 11.8 Å². The van der Waals surface area contributed by atoms with Crippen LogP contribution in [0.5, 0.6) is 5.75 Å². The molecule has 2 aromatic carbocycles. The number of carbonyl (C=O) groups excluding carboxylic acids is 1. The van der Waals surface area contributed by atoms with Gasteiger partial charge in [0.15, 0.2) is 11.0 Å². The van der Waals surface area contributed by atoms with Gasteiger partial charge in [-0.3, -0.25) is 9.36 Å². The van der Waals surface area contributed by atoms with E-state index in [2.05, 4.69) is 15.5 Å². The van der Waals surface area contributed by atoms with Gasteiger partial charge in [-0.1, -0.05) is 36.0 Å². The summed E-state index contributed by atoms with van der Waals surface area (Å²) in [5, 5.41) is 12.4. The van der Waals surface area contributed by atoms with E-state index >= 15 is 0 Å². The third kappa shape index (κ3) is 5.03. The average Bonchev–Trinajstić information content (AvgIpc) is 3.45. The van der Waals surface area contributed by atoms with Crippen LogP contribution in [0.4, 0.5) is 5.69 Å². The molecule has 2 heterocycles. The lowest BCUT2D eigenvalue weighted by atomic mass is 10.1. The minimum atomic E-state index is -0.0980. The van der Waals surface area contributed by atoms with Gasteiger partial charge >= 0.3 is 0 Å². The first-order valence-electron chi connectivity index (χ1n) is 10.1. The van der Waals surface area contributed by atoms with Gasteiger partial charge in [-0.25, -0.2) is 0 Å². The molecular weight excluding hydrogens is 424 g/mol. The monoisotopic (exact) mass is 448 g/mol. The minimum Gasteiger partial charge on any atom is -0.497 e. The first kappa shape index (κ1) is 21.7. The Morgan fingerprint density at radius 1 is 1.12 bits per heavy atom. The fraction of sp³-hybridized carbons (Fsp3) is 0.208. The molecule has 0 radical (unpaired) electrons. The van der Waals surface area contributed by atoms with Gasteiger partial charge in [0.1, 0.15) is 11.5 Å². The first-order valence-corrected chi connectivity index (χ1v) is 11.1. The Morgan fingerprint density at radius 3 is 2.78 bits per heavy atom. The minimum absolute atomic E-state index is 0.0980. The van der Waals surface area contributed by atoms with Crippen LogP contribution in [0.1, 0.15) is 16.9 Å². The SMILES string of the molecule is COc1cccc(-c2nnc(SCC(=O)Nc3cc(C)ccc3C)n2Cc2ccco2)c1. The van der Waals surface area contributed by atoms with E-state index in [0.717, 1.165) is 33.9 Å². The molecule has 0 aliphatic rings. The van der Waals surface area contributed by atoms with Crippen molar-refractivity contribution in [1.82, 2.24) is 14.8 Å². The van der Waals surface area contributed by atoms with E-state index < -0.39 is 0 Å². The summed E-state index contributed by atoms with van der Waals surface area (Å²) in [6, 6.07) is 17.4. The number of methoxy groups -OCH3 is 1. The molecule has 4 rings (SSSR count). The van der Waals surface area contributed by atoms with Crippen LogP contribution in [0.2, 0.25) is 0 Å². The standard InChI is InChI=1S/C24H24N4O3S/c1-16-9-10-17(2)21(12-16)25-22(29)15-32-24-27-26-23(18-6-4-7-19(13-18)30-3)28(24)14-20-8-5-11-31-20/h4-13H,14-15H2,1-3H3,(H,25,29). The number of hydrogen-bond acceptors (Lipinski definition) is 6. The summed E-state index contributed by atoms with van der Waals surface area (Å²) in [5.41, 5.74) is 3.81. The largest absolute Gasteiger partial charge is 0.497 e. The van der Waals surface area contributed by atoms with Crippen LogP contribution >= 0.6 is 11.8 Å². The fourth-order valence-electron chi connectivity index (χ4n) is 3.26. The molecule has 0 spiro atoms. The van der Waals surface area contributed by atoms with Crippen LogP contribution in [0, 0.1) is 13.8 Å². The van der Waals surface area contributed by atoms with Crippen molar-refractivity contribution in [2.45, 2.75) is 25.5 Å². The van der Waals surface area contributed by atoms with Crippen molar-refractivity contribution in [3.05, 3.63) is 77.7 Å². The van der Waals surface area contributed by atoms with Crippen LogP contribution in [-0.4, -0.2) is 33.5 Å². The summed E-state index contributed by atoms with van der Waals surface area (Å²) in [7, 11) is 1.63. The number of aryl methyl sites for hydroxylation is 2. The number of rotatable bonds is 8. The third-order valence-electron chi connectivity index (χ3n) is 4.94. The van der Waals surface area contributed by atoms with Gasteiger partial charge in [0, 0.05) is 11.3 Å². The molecule has 0 saturated heterocycles. The fourth-order valence-corrected chi connectivity index (χ4v) is 4.00. The van der Waals surface area contributed by atoms with Crippen LogP contribution in [0.3, 0.4) is 0 Å². The molecule has 2 aromatic heterocycles. The van der Waals surface area contributed by atoms with E-state index in [9.17, 15) is 4.79 Å². The molecule has 1 N–H and O–H groups in total. The maximum Gasteiger partial charge on any atom is 0.234 e. The van der Waals surface area contributed by atoms with E-state index in [0.29, 0.717) is 17.5 Å². The third-order valence-corrected chi connectivity index (χ3v) is 5.91. The van der Waals surface area contributed by atoms with Crippen molar-refractivity contribution in [2.24, 2.45) is 0 Å². The van der Waals surface area contributed by atoms with Gasteiger partial charge < -0.3 is 14.5 Å². The zero-order chi connectivity index (χ0) is 22.5. The average molecular weight is 449 g/mol. The summed E-state index contributed by atoms with van der Waals surface area (Å²) in [4.78, 5) is 12.6. The zero-order valence-corrected chi connectivity index (χ0v) is 19.0. The Balaban J connectivity index is 1.55. The van der Waals surface area contributed by atoms with E-state index in [1.54, 1.807) is 13.4 Å². The second-order valence-electron chi connectivity index (χ2n) is 7.36. The Hall–Kier alpha value is -3.52. The predicted octanol–water partition coefficient (Wildman–Crippen LogP) is 4.94. The van der Waals surface area contributed by atoms with Crippen molar-refractivity contribution < 1.29 is 13.9 Å². The number of anilines is 1. The molecule has 8 heteroatoms. The highest BCUT2D eigenvalue weighted by Gasteiger charge is 2.18. The van der Waals surface area contributed by atoms with Crippen molar-refractivity contribution in [3.8, 4) is 17.1 Å². The van der Waals surface area contributed by atoms with Gasteiger partial charge in [-0.2, -0.15) is 0 Å². The molecule has 0 bridgehead atoms. The van der Waals surface area contributed by atoms with Crippen LogP contribution in [0.25, 0.3) is 11.4 Å².